The van der Waals surface area contributed by atoms with Crippen molar-refractivity contribution in [2.45, 2.75) is 19.8 Å². The van der Waals surface area contributed by atoms with Gasteiger partial charge < -0.3 is 14.8 Å². The molecule has 5 nitrogen and oxygen atoms in total. The molecule has 1 amide bonds. The number of nitrogens with zero attached hydrogens (tertiary/aromatic N) is 3. The average Bonchev–Trinajstić information content (AvgIpc) is 3.08. The fourth-order valence-electron chi connectivity index (χ4n) is 3.96. The molecule has 0 aliphatic carbocycles. The number of carbonyl (C=O) groups excluding carboxylic acids is 1. The number of amides is 1. The molecule has 28 heavy (non-hydrogen) atoms. The van der Waals surface area contributed by atoms with Crippen molar-refractivity contribution in [3.8, 4) is 11.1 Å². The third kappa shape index (κ3) is 3.80. The van der Waals surface area contributed by atoms with Gasteiger partial charge in [-0.15, -0.1) is 0 Å². The average molecular weight is 377 g/mol. The van der Waals surface area contributed by atoms with Gasteiger partial charge in [-0.2, -0.15) is 0 Å². The third-order valence-electron chi connectivity index (χ3n) is 5.88. The predicted octanol–water partition coefficient (Wildman–Crippen LogP) is 3.62. The van der Waals surface area contributed by atoms with Crippen LogP contribution >= 0.6 is 0 Å². The number of pyridine rings is 1. The van der Waals surface area contributed by atoms with Gasteiger partial charge in [-0.05, 0) is 75.6 Å². The number of piperidine rings is 1. The van der Waals surface area contributed by atoms with E-state index in [0.717, 1.165) is 65.8 Å². The molecule has 3 aromatic rings. The normalized spacial score (nSPS) is 15.8. The molecule has 2 aromatic heterocycles. The second-order valence-electron chi connectivity index (χ2n) is 8.03. The van der Waals surface area contributed by atoms with Crippen molar-refractivity contribution < 1.29 is 4.79 Å². The molecule has 1 fully saturated rings. The molecule has 0 atom stereocenters. The Kier molecular flexibility index (Phi) is 5.18. The molecule has 3 heterocycles. The van der Waals surface area contributed by atoms with Crippen molar-refractivity contribution in [1.29, 1.82) is 0 Å². The summed E-state index contributed by atoms with van der Waals surface area (Å²) in [5, 5.41) is 4.18. The summed E-state index contributed by atoms with van der Waals surface area (Å²) < 4.78 is 2.06. The van der Waals surface area contributed by atoms with Crippen LogP contribution in [0.5, 0.6) is 0 Å². The van der Waals surface area contributed by atoms with Gasteiger partial charge in [0, 0.05) is 53.7 Å². The summed E-state index contributed by atoms with van der Waals surface area (Å²) in [7, 11) is 4.17. The lowest BCUT2D eigenvalue weighted by atomic mass is 9.96. The highest BCUT2D eigenvalue weighted by molar-refractivity contribution is 6.08. The van der Waals surface area contributed by atoms with Crippen LogP contribution in [0.3, 0.4) is 0 Å². The molecule has 1 saturated heterocycles. The first-order chi connectivity index (χ1) is 13.5. The van der Waals surface area contributed by atoms with Gasteiger partial charge in [-0.1, -0.05) is 6.07 Å². The Labute approximate surface area is 166 Å². The molecule has 1 aromatic carbocycles. The lowest BCUT2D eigenvalue weighted by Crippen LogP contribution is -2.36. The molecule has 0 radical (unpaired) electrons. The third-order valence-corrected chi connectivity index (χ3v) is 5.88. The molecule has 1 aliphatic heterocycles. The van der Waals surface area contributed by atoms with Crippen molar-refractivity contribution in [2.75, 3.05) is 26.7 Å². The molecular formula is C23H28N4O. The summed E-state index contributed by atoms with van der Waals surface area (Å²) in [5.41, 5.74) is 4.83. The highest BCUT2D eigenvalue weighted by Crippen LogP contribution is 2.28. The Bertz CT molecular complexity index is 982. The van der Waals surface area contributed by atoms with E-state index in [2.05, 4.69) is 38.9 Å². The highest BCUT2D eigenvalue weighted by atomic mass is 16.1. The monoisotopic (exact) mass is 376 g/mol. The van der Waals surface area contributed by atoms with Crippen LogP contribution < -0.4 is 5.32 Å². The summed E-state index contributed by atoms with van der Waals surface area (Å²) in [6, 6.07) is 10.2. The number of carbonyl (C=O) groups is 1. The topological polar surface area (TPSA) is 50.2 Å². The number of aryl methyl sites for hydroxylation is 2. The van der Waals surface area contributed by atoms with Gasteiger partial charge in [0.1, 0.15) is 0 Å². The maximum absolute atomic E-state index is 13.1. The van der Waals surface area contributed by atoms with Crippen LogP contribution in [0.25, 0.3) is 22.0 Å². The summed E-state index contributed by atoms with van der Waals surface area (Å²) in [6.45, 7) is 4.95. The van der Waals surface area contributed by atoms with E-state index < -0.39 is 0 Å². The van der Waals surface area contributed by atoms with E-state index in [9.17, 15) is 4.79 Å². The van der Waals surface area contributed by atoms with E-state index in [1.165, 1.54) is 0 Å². The fourth-order valence-corrected chi connectivity index (χ4v) is 3.96. The minimum Gasteiger partial charge on any atom is -0.352 e. The van der Waals surface area contributed by atoms with E-state index in [-0.39, 0.29) is 5.91 Å². The van der Waals surface area contributed by atoms with E-state index in [1.54, 1.807) is 0 Å². The minimum absolute atomic E-state index is 0.0112. The van der Waals surface area contributed by atoms with Crippen molar-refractivity contribution >= 4 is 16.8 Å². The lowest BCUT2D eigenvalue weighted by Gasteiger charge is -2.29. The first kappa shape index (κ1) is 18.7. The van der Waals surface area contributed by atoms with Gasteiger partial charge in [0.2, 0.25) is 0 Å². The van der Waals surface area contributed by atoms with Gasteiger partial charge >= 0.3 is 0 Å². The summed E-state index contributed by atoms with van der Waals surface area (Å²) in [5.74, 6) is 0.577. The van der Waals surface area contributed by atoms with Gasteiger partial charge in [0.15, 0.2) is 0 Å². The zero-order valence-electron chi connectivity index (χ0n) is 16.9. The van der Waals surface area contributed by atoms with Crippen LogP contribution in [0, 0.1) is 12.8 Å². The van der Waals surface area contributed by atoms with Crippen molar-refractivity contribution in [3.05, 3.63) is 54.0 Å². The van der Waals surface area contributed by atoms with E-state index in [4.69, 9.17) is 0 Å². The van der Waals surface area contributed by atoms with Crippen LogP contribution in [-0.2, 0) is 7.05 Å². The Morgan fingerprint density at radius 3 is 2.64 bits per heavy atom. The molecule has 0 bridgehead atoms. The molecule has 0 unspecified atom stereocenters. The largest absolute Gasteiger partial charge is 0.352 e. The molecule has 0 spiro atoms. The highest BCUT2D eigenvalue weighted by Gasteiger charge is 2.19. The Balaban J connectivity index is 1.61. The van der Waals surface area contributed by atoms with Crippen LogP contribution in [0.15, 0.2) is 42.7 Å². The number of rotatable bonds is 4. The Morgan fingerprint density at radius 2 is 1.93 bits per heavy atom. The number of nitrogens with one attached hydrogen (secondary N) is 1. The number of aromatic nitrogens is 2. The number of hydrogen-bond donors (Lipinski definition) is 1. The van der Waals surface area contributed by atoms with Crippen LogP contribution in [-0.4, -0.2) is 47.0 Å². The van der Waals surface area contributed by atoms with Crippen molar-refractivity contribution in [3.63, 3.8) is 0 Å². The standard InChI is InChI=1S/C23H28N4O/c1-16-4-5-18(15-24-16)19-12-21(20-8-11-27(3)22(20)13-19)23(28)25-14-17-6-9-26(2)10-7-17/h4-5,8,11-13,15,17H,6-7,9-10,14H2,1-3H3,(H,25,28). The molecule has 5 heteroatoms. The van der Waals surface area contributed by atoms with E-state index in [1.807, 2.05) is 44.6 Å². The Morgan fingerprint density at radius 1 is 1.14 bits per heavy atom. The zero-order valence-corrected chi connectivity index (χ0v) is 16.9. The van der Waals surface area contributed by atoms with E-state index in [0.29, 0.717) is 5.92 Å². The van der Waals surface area contributed by atoms with E-state index >= 15 is 0 Å². The van der Waals surface area contributed by atoms with Crippen molar-refractivity contribution in [2.24, 2.45) is 13.0 Å². The van der Waals surface area contributed by atoms with Crippen LogP contribution in [0.4, 0.5) is 0 Å². The van der Waals surface area contributed by atoms with Crippen LogP contribution in [0.2, 0.25) is 0 Å². The SMILES string of the molecule is Cc1ccc(-c2cc(C(=O)NCC3CCN(C)CC3)c3ccn(C)c3c2)cn1. The molecule has 146 valence electrons. The predicted molar refractivity (Wildman–Crippen MR) is 113 cm³/mol. The summed E-state index contributed by atoms with van der Waals surface area (Å²) in [4.78, 5) is 19.8. The number of benzene rings is 1. The second-order valence-corrected chi connectivity index (χ2v) is 8.03. The molecule has 1 aliphatic rings. The Hall–Kier alpha value is -2.66. The van der Waals surface area contributed by atoms with Crippen LogP contribution in [0.1, 0.15) is 28.9 Å². The fraction of sp³-hybridized carbons (Fsp3) is 0.391. The number of hydrogen-bond acceptors (Lipinski definition) is 3. The molecule has 1 N–H and O–H groups in total. The molecule has 4 rings (SSSR count). The summed E-state index contributed by atoms with van der Waals surface area (Å²) >= 11 is 0. The lowest BCUT2D eigenvalue weighted by molar-refractivity contribution is 0.0940. The first-order valence-electron chi connectivity index (χ1n) is 10.00. The van der Waals surface area contributed by atoms with Gasteiger partial charge in [-0.3, -0.25) is 9.78 Å². The number of likely N-dealkylation sites (tertiary alicyclic amines) is 1. The molecule has 0 saturated carbocycles. The summed E-state index contributed by atoms with van der Waals surface area (Å²) in [6.07, 6.45) is 6.18. The van der Waals surface area contributed by atoms with Gasteiger partial charge in [0.05, 0.1) is 0 Å². The smallest absolute Gasteiger partial charge is 0.251 e. The minimum atomic E-state index is 0.0112. The maximum atomic E-state index is 13.1. The molecular weight excluding hydrogens is 348 g/mol. The number of fused-ring (bicyclic) bond motifs is 1. The quantitative estimate of drug-likeness (QED) is 0.757. The zero-order chi connectivity index (χ0) is 19.7. The van der Waals surface area contributed by atoms with Crippen molar-refractivity contribution in [1.82, 2.24) is 19.8 Å². The maximum Gasteiger partial charge on any atom is 0.251 e. The van der Waals surface area contributed by atoms with Gasteiger partial charge in [-0.25, -0.2) is 0 Å². The van der Waals surface area contributed by atoms with Gasteiger partial charge in [0.25, 0.3) is 5.91 Å². The second kappa shape index (κ2) is 7.76. The first-order valence-corrected chi connectivity index (χ1v) is 10.00.